The third-order valence-electron chi connectivity index (χ3n) is 3.06. The van der Waals surface area contributed by atoms with Gasteiger partial charge < -0.3 is 16.0 Å². The number of rotatable bonds is 8. The minimum atomic E-state index is -0.150. The Hall–Kier alpha value is -2.39. The molecule has 0 fully saturated rings. The average molecular weight is 393 g/mol. The van der Waals surface area contributed by atoms with Gasteiger partial charge in [0, 0.05) is 30.2 Å². The number of thioether (sulfide) groups is 1. The second-order valence-electron chi connectivity index (χ2n) is 5.33. The Balaban J connectivity index is 1.79. The first-order valence-electron chi connectivity index (χ1n) is 7.97. The smallest absolute Gasteiger partial charge is 0.234 e. The highest BCUT2D eigenvalue weighted by Gasteiger charge is 2.10. The highest BCUT2D eigenvalue weighted by Crippen LogP contribution is 2.23. The molecule has 0 unspecified atom stereocenters. The summed E-state index contributed by atoms with van der Waals surface area (Å²) in [6, 6.07) is 6.89. The molecule has 7 nitrogen and oxygen atoms in total. The second-order valence-corrected chi connectivity index (χ2v) is 7.41. The van der Waals surface area contributed by atoms with Gasteiger partial charge in [0.05, 0.1) is 17.9 Å². The fourth-order valence-electron chi connectivity index (χ4n) is 2.02. The van der Waals surface area contributed by atoms with E-state index in [1.807, 2.05) is 12.3 Å². The van der Waals surface area contributed by atoms with Gasteiger partial charge in [0.25, 0.3) is 0 Å². The first-order valence-corrected chi connectivity index (χ1v) is 9.84. The summed E-state index contributed by atoms with van der Waals surface area (Å²) in [6.45, 7) is 3.90. The van der Waals surface area contributed by atoms with Crippen LogP contribution in [0.1, 0.15) is 19.5 Å². The van der Waals surface area contributed by atoms with Crippen LogP contribution in [0.5, 0.6) is 0 Å². The van der Waals surface area contributed by atoms with Gasteiger partial charge in [0.15, 0.2) is 4.34 Å². The van der Waals surface area contributed by atoms with E-state index < -0.39 is 0 Å². The Bertz CT molecular complexity index is 775. The Morgan fingerprint density at radius 1 is 1.08 bits per heavy atom. The van der Waals surface area contributed by atoms with E-state index in [-0.39, 0.29) is 29.9 Å². The number of hydrogen-bond acceptors (Lipinski definition) is 6. The second kappa shape index (κ2) is 9.93. The highest BCUT2D eigenvalue weighted by atomic mass is 32.2. The van der Waals surface area contributed by atoms with Crippen molar-refractivity contribution >= 4 is 52.2 Å². The zero-order valence-corrected chi connectivity index (χ0v) is 16.1. The zero-order chi connectivity index (χ0) is 18.9. The van der Waals surface area contributed by atoms with Crippen LogP contribution in [0.3, 0.4) is 0 Å². The van der Waals surface area contributed by atoms with Crippen molar-refractivity contribution in [2.45, 2.75) is 24.6 Å². The molecule has 0 aliphatic rings. The monoisotopic (exact) mass is 392 g/mol. The van der Waals surface area contributed by atoms with Crippen LogP contribution in [0, 0.1) is 0 Å². The van der Waals surface area contributed by atoms with Crippen molar-refractivity contribution in [3.05, 3.63) is 35.3 Å². The molecule has 3 amide bonds. The molecule has 3 N–H and O–H groups in total. The predicted molar refractivity (Wildman–Crippen MR) is 105 cm³/mol. The van der Waals surface area contributed by atoms with Gasteiger partial charge in [-0.05, 0) is 31.2 Å². The van der Waals surface area contributed by atoms with Crippen molar-refractivity contribution < 1.29 is 14.4 Å². The summed E-state index contributed by atoms with van der Waals surface area (Å²) >= 11 is 2.74. The van der Waals surface area contributed by atoms with Crippen LogP contribution in [-0.2, 0) is 20.8 Å². The topological polar surface area (TPSA) is 100 Å². The molecule has 138 valence electrons. The molecule has 0 aliphatic carbocycles. The minimum absolute atomic E-state index is 0.0604. The van der Waals surface area contributed by atoms with E-state index in [2.05, 4.69) is 20.9 Å². The summed E-state index contributed by atoms with van der Waals surface area (Å²) < 4.78 is 0.750. The molecule has 2 aromatic rings. The van der Waals surface area contributed by atoms with E-state index in [0.717, 1.165) is 4.34 Å². The van der Waals surface area contributed by atoms with Gasteiger partial charge in [0.2, 0.25) is 17.7 Å². The van der Waals surface area contributed by atoms with Crippen LogP contribution in [0.2, 0.25) is 0 Å². The third-order valence-corrected chi connectivity index (χ3v) is 5.13. The molecule has 2 rings (SSSR count). The van der Waals surface area contributed by atoms with E-state index in [4.69, 9.17) is 0 Å². The minimum Gasteiger partial charge on any atom is -0.356 e. The summed E-state index contributed by atoms with van der Waals surface area (Å²) in [5, 5.41) is 10.0. The quantitative estimate of drug-likeness (QED) is 0.600. The maximum atomic E-state index is 12.0. The van der Waals surface area contributed by atoms with Gasteiger partial charge in [-0.3, -0.25) is 14.4 Å². The Morgan fingerprint density at radius 2 is 1.73 bits per heavy atom. The van der Waals surface area contributed by atoms with Crippen molar-refractivity contribution in [3.8, 4) is 0 Å². The number of amides is 3. The SMILES string of the molecule is CCNC(=O)Cc1csc(SCC(=O)Nc2ccc(NC(C)=O)cc2)n1. The molecule has 0 spiro atoms. The van der Waals surface area contributed by atoms with E-state index in [9.17, 15) is 14.4 Å². The fraction of sp³-hybridized carbons (Fsp3) is 0.294. The average Bonchev–Trinajstić information content (AvgIpc) is 3.02. The lowest BCUT2D eigenvalue weighted by Gasteiger charge is -2.06. The van der Waals surface area contributed by atoms with Crippen molar-refractivity contribution in [2.75, 3.05) is 22.9 Å². The van der Waals surface area contributed by atoms with Gasteiger partial charge in [-0.25, -0.2) is 4.98 Å². The van der Waals surface area contributed by atoms with Gasteiger partial charge in [-0.1, -0.05) is 11.8 Å². The van der Waals surface area contributed by atoms with Crippen LogP contribution in [0.25, 0.3) is 0 Å². The first kappa shape index (κ1) is 19.9. The molecule has 0 radical (unpaired) electrons. The summed E-state index contributed by atoms with van der Waals surface area (Å²) in [5.41, 5.74) is 2.03. The molecule has 9 heteroatoms. The number of aromatic nitrogens is 1. The molecule has 26 heavy (non-hydrogen) atoms. The van der Waals surface area contributed by atoms with Crippen LogP contribution < -0.4 is 16.0 Å². The molecule has 0 aliphatic heterocycles. The number of hydrogen-bond donors (Lipinski definition) is 3. The van der Waals surface area contributed by atoms with E-state index in [1.54, 1.807) is 24.3 Å². The third kappa shape index (κ3) is 6.85. The lowest BCUT2D eigenvalue weighted by molar-refractivity contribution is -0.120. The van der Waals surface area contributed by atoms with Gasteiger partial charge >= 0.3 is 0 Å². The Morgan fingerprint density at radius 3 is 2.35 bits per heavy atom. The summed E-state index contributed by atoms with van der Waals surface area (Å²) in [6.07, 6.45) is 0.248. The van der Waals surface area contributed by atoms with Gasteiger partial charge in [-0.15, -0.1) is 11.3 Å². The van der Waals surface area contributed by atoms with Crippen molar-refractivity contribution in [2.24, 2.45) is 0 Å². The molecule has 0 atom stereocenters. The van der Waals surface area contributed by atoms with E-state index in [0.29, 0.717) is 23.6 Å². The maximum absolute atomic E-state index is 12.0. The number of benzene rings is 1. The summed E-state index contributed by atoms with van der Waals surface area (Å²) in [5.74, 6) is -0.132. The van der Waals surface area contributed by atoms with Crippen molar-refractivity contribution in [1.82, 2.24) is 10.3 Å². The Labute approximate surface area is 160 Å². The van der Waals surface area contributed by atoms with E-state index >= 15 is 0 Å². The molecular weight excluding hydrogens is 372 g/mol. The van der Waals surface area contributed by atoms with Crippen LogP contribution in [0.15, 0.2) is 34.0 Å². The Kier molecular flexibility index (Phi) is 7.61. The van der Waals surface area contributed by atoms with Crippen molar-refractivity contribution in [3.63, 3.8) is 0 Å². The predicted octanol–water partition coefficient (Wildman–Crippen LogP) is 2.51. The first-order chi connectivity index (χ1) is 12.5. The molecule has 0 bridgehead atoms. The molecule has 1 heterocycles. The lowest BCUT2D eigenvalue weighted by Crippen LogP contribution is -2.24. The fourth-order valence-corrected chi connectivity index (χ4v) is 3.67. The standard InChI is InChI=1S/C17H20N4O3S2/c1-3-18-15(23)8-14-9-25-17(21-14)26-10-16(24)20-13-6-4-12(5-7-13)19-11(2)22/h4-7,9H,3,8,10H2,1-2H3,(H,18,23)(H,19,22)(H,20,24). The molecule has 1 aromatic heterocycles. The molecular formula is C17H20N4O3S2. The number of carbonyl (C=O) groups excluding carboxylic acids is 3. The zero-order valence-electron chi connectivity index (χ0n) is 14.5. The van der Waals surface area contributed by atoms with E-state index in [1.165, 1.54) is 30.0 Å². The molecule has 1 aromatic carbocycles. The number of nitrogens with one attached hydrogen (secondary N) is 3. The maximum Gasteiger partial charge on any atom is 0.234 e. The van der Waals surface area contributed by atoms with Crippen molar-refractivity contribution in [1.29, 1.82) is 0 Å². The van der Waals surface area contributed by atoms with Gasteiger partial charge in [-0.2, -0.15) is 0 Å². The number of nitrogens with zero attached hydrogens (tertiary/aromatic N) is 1. The molecule has 0 saturated carbocycles. The van der Waals surface area contributed by atoms with Gasteiger partial charge in [0.1, 0.15) is 0 Å². The molecule has 0 saturated heterocycles. The highest BCUT2D eigenvalue weighted by molar-refractivity contribution is 8.01. The van der Waals surface area contributed by atoms with Crippen LogP contribution in [0.4, 0.5) is 11.4 Å². The number of thiazole rings is 1. The largest absolute Gasteiger partial charge is 0.356 e. The lowest BCUT2D eigenvalue weighted by atomic mass is 10.3. The summed E-state index contributed by atoms with van der Waals surface area (Å²) in [7, 11) is 0. The van der Waals surface area contributed by atoms with Crippen LogP contribution >= 0.6 is 23.1 Å². The summed E-state index contributed by atoms with van der Waals surface area (Å²) in [4.78, 5) is 38.9. The van der Waals surface area contributed by atoms with Crippen LogP contribution in [-0.4, -0.2) is 35.0 Å². The number of carbonyl (C=O) groups is 3. The normalized spacial score (nSPS) is 10.2. The number of anilines is 2. The number of likely N-dealkylation sites (N-methyl/N-ethyl adjacent to an activating group) is 1.